The maximum absolute atomic E-state index is 9.42. The van der Waals surface area contributed by atoms with Crippen molar-refractivity contribution in [3.8, 4) is 0 Å². The summed E-state index contributed by atoms with van der Waals surface area (Å²) in [6, 6.07) is 8.54. The van der Waals surface area contributed by atoms with Crippen molar-refractivity contribution in [2.45, 2.75) is 38.2 Å². The molecule has 0 radical (unpaired) electrons. The van der Waals surface area contributed by atoms with Crippen molar-refractivity contribution in [3.05, 3.63) is 34.3 Å². The first-order valence-electron chi connectivity index (χ1n) is 6.70. The third-order valence-corrected chi connectivity index (χ3v) is 4.29. The molecular weight excluding hydrogens is 292 g/mol. The molecule has 0 saturated heterocycles. The average molecular weight is 313 g/mol. The van der Waals surface area contributed by atoms with Gasteiger partial charge in [-0.25, -0.2) is 0 Å². The van der Waals surface area contributed by atoms with Crippen molar-refractivity contribution in [1.82, 2.24) is 0 Å². The predicted octanol–water partition coefficient (Wildman–Crippen LogP) is 3.73. The second-order valence-corrected chi connectivity index (χ2v) is 6.00. The van der Waals surface area contributed by atoms with Crippen molar-refractivity contribution in [3.63, 3.8) is 0 Å². The number of halogens is 1. The summed E-state index contributed by atoms with van der Waals surface area (Å²) in [4.78, 5) is 0. The van der Waals surface area contributed by atoms with Crippen LogP contribution in [-0.2, 0) is 4.74 Å². The van der Waals surface area contributed by atoms with Crippen LogP contribution in [-0.4, -0.2) is 24.4 Å². The van der Waals surface area contributed by atoms with Crippen molar-refractivity contribution < 1.29 is 9.84 Å². The van der Waals surface area contributed by atoms with Gasteiger partial charge in [-0.15, -0.1) is 0 Å². The Kier molecular flexibility index (Phi) is 5.22. The van der Waals surface area contributed by atoms with E-state index in [4.69, 9.17) is 4.74 Å². The zero-order valence-electron chi connectivity index (χ0n) is 10.8. The van der Waals surface area contributed by atoms with Crippen LogP contribution in [0.1, 0.15) is 37.7 Å². The number of aliphatic hydroxyl groups is 1. The van der Waals surface area contributed by atoms with Crippen LogP contribution in [0.5, 0.6) is 0 Å². The normalized spacial score (nSPS) is 28.3. The first-order chi connectivity index (χ1) is 8.72. The van der Waals surface area contributed by atoms with E-state index in [1.807, 2.05) is 6.92 Å². The summed E-state index contributed by atoms with van der Waals surface area (Å²) in [7, 11) is 0. The van der Waals surface area contributed by atoms with Gasteiger partial charge in [-0.2, -0.15) is 0 Å². The van der Waals surface area contributed by atoms with Crippen LogP contribution in [0.25, 0.3) is 0 Å². The van der Waals surface area contributed by atoms with Crippen LogP contribution >= 0.6 is 15.9 Å². The van der Waals surface area contributed by atoms with E-state index in [9.17, 15) is 5.11 Å². The minimum Gasteiger partial charge on any atom is -0.396 e. The molecule has 18 heavy (non-hydrogen) atoms. The van der Waals surface area contributed by atoms with E-state index in [2.05, 4.69) is 40.2 Å². The lowest BCUT2D eigenvalue weighted by atomic mass is 9.77. The van der Waals surface area contributed by atoms with Crippen molar-refractivity contribution in [1.29, 1.82) is 0 Å². The number of hydrogen-bond donors (Lipinski definition) is 1. The lowest BCUT2D eigenvalue weighted by Crippen LogP contribution is -2.29. The summed E-state index contributed by atoms with van der Waals surface area (Å²) in [5.41, 5.74) is 1.36. The molecule has 1 saturated carbocycles. The summed E-state index contributed by atoms with van der Waals surface area (Å²) < 4.78 is 6.88. The summed E-state index contributed by atoms with van der Waals surface area (Å²) in [6.07, 6.45) is 3.44. The Bertz CT molecular complexity index is 363. The van der Waals surface area contributed by atoms with Gasteiger partial charge in [0, 0.05) is 17.7 Å². The largest absolute Gasteiger partial charge is 0.396 e. The molecule has 1 aliphatic carbocycles. The van der Waals surface area contributed by atoms with Gasteiger partial charge in [-0.05, 0) is 55.7 Å². The highest BCUT2D eigenvalue weighted by Gasteiger charge is 2.29. The first-order valence-corrected chi connectivity index (χ1v) is 7.50. The molecule has 3 atom stereocenters. The van der Waals surface area contributed by atoms with Gasteiger partial charge in [0.15, 0.2) is 0 Å². The molecule has 1 aromatic carbocycles. The molecule has 3 heteroatoms. The highest BCUT2D eigenvalue weighted by molar-refractivity contribution is 9.10. The molecule has 0 bridgehead atoms. The molecule has 3 unspecified atom stereocenters. The molecular formula is C15H21BrO2. The van der Waals surface area contributed by atoms with Gasteiger partial charge in [-0.1, -0.05) is 28.1 Å². The van der Waals surface area contributed by atoms with Gasteiger partial charge in [0.1, 0.15) is 0 Å². The van der Waals surface area contributed by atoms with Crippen LogP contribution in [0, 0.1) is 5.92 Å². The van der Waals surface area contributed by atoms with Crippen LogP contribution in [0.4, 0.5) is 0 Å². The molecule has 1 fully saturated rings. The van der Waals surface area contributed by atoms with Gasteiger partial charge < -0.3 is 9.84 Å². The molecule has 2 rings (SSSR count). The van der Waals surface area contributed by atoms with Crippen LogP contribution in [0.15, 0.2) is 28.7 Å². The third kappa shape index (κ3) is 3.56. The smallest absolute Gasteiger partial charge is 0.0584 e. The molecule has 1 aromatic rings. The summed E-state index contributed by atoms with van der Waals surface area (Å²) in [5.74, 6) is 0.893. The number of hydrogen-bond acceptors (Lipinski definition) is 2. The van der Waals surface area contributed by atoms with E-state index in [0.29, 0.717) is 17.9 Å². The molecule has 1 aliphatic rings. The Balaban J connectivity index is 2.08. The van der Waals surface area contributed by atoms with E-state index in [1.165, 1.54) is 5.56 Å². The van der Waals surface area contributed by atoms with Crippen molar-refractivity contribution in [2.75, 3.05) is 13.2 Å². The van der Waals surface area contributed by atoms with Crippen molar-refractivity contribution >= 4 is 15.9 Å². The minimum absolute atomic E-state index is 0.274. The second kappa shape index (κ2) is 6.69. The fraction of sp³-hybridized carbons (Fsp3) is 0.600. The summed E-state index contributed by atoms with van der Waals surface area (Å²) >= 11 is 3.47. The summed E-state index contributed by atoms with van der Waals surface area (Å²) in [5, 5.41) is 9.42. The zero-order valence-corrected chi connectivity index (χ0v) is 12.4. The molecule has 0 spiro atoms. The highest BCUT2D eigenvalue weighted by atomic mass is 79.9. The quantitative estimate of drug-likeness (QED) is 0.918. The third-order valence-electron chi connectivity index (χ3n) is 3.76. The fourth-order valence-electron chi connectivity index (χ4n) is 2.91. The molecule has 2 nitrogen and oxygen atoms in total. The lowest BCUT2D eigenvalue weighted by Gasteiger charge is -2.34. The molecule has 0 amide bonds. The Labute approximate surface area is 117 Å². The molecule has 0 aromatic heterocycles. The van der Waals surface area contributed by atoms with E-state index in [-0.39, 0.29) is 6.61 Å². The molecule has 0 aliphatic heterocycles. The Morgan fingerprint density at radius 1 is 1.22 bits per heavy atom. The maximum atomic E-state index is 9.42. The number of ether oxygens (including phenoxy) is 1. The van der Waals surface area contributed by atoms with Gasteiger partial charge in [0.2, 0.25) is 0 Å². The number of aliphatic hydroxyl groups excluding tert-OH is 1. The topological polar surface area (TPSA) is 29.5 Å². The van der Waals surface area contributed by atoms with Crippen LogP contribution in [0.2, 0.25) is 0 Å². The molecule has 1 N–H and O–H groups in total. The van der Waals surface area contributed by atoms with Crippen LogP contribution in [0.3, 0.4) is 0 Å². The highest BCUT2D eigenvalue weighted by Crippen LogP contribution is 2.37. The van der Waals surface area contributed by atoms with Gasteiger partial charge >= 0.3 is 0 Å². The van der Waals surface area contributed by atoms with E-state index in [1.54, 1.807) is 0 Å². The van der Waals surface area contributed by atoms with E-state index in [0.717, 1.165) is 30.3 Å². The van der Waals surface area contributed by atoms with Gasteiger partial charge in [-0.3, -0.25) is 0 Å². The standard InChI is InChI=1S/C15H21BrO2/c1-2-18-15-8-11(10-17)7-13(9-15)12-3-5-14(16)6-4-12/h3-6,11,13,15,17H,2,7-10H2,1H3. The number of benzene rings is 1. The maximum Gasteiger partial charge on any atom is 0.0584 e. The Morgan fingerprint density at radius 3 is 2.56 bits per heavy atom. The monoisotopic (exact) mass is 312 g/mol. The number of rotatable bonds is 4. The molecule has 100 valence electrons. The van der Waals surface area contributed by atoms with E-state index >= 15 is 0 Å². The zero-order chi connectivity index (χ0) is 13.0. The van der Waals surface area contributed by atoms with Crippen molar-refractivity contribution in [2.24, 2.45) is 5.92 Å². The first kappa shape index (κ1) is 14.0. The average Bonchev–Trinajstić information content (AvgIpc) is 2.39. The summed E-state index contributed by atoms with van der Waals surface area (Å²) in [6.45, 7) is 3.07. The Morgan fingerprint density at radius 2 is 1.94 bits per heavy atom. The Hall–Kier alpha value is -0.380. The SMILES string of the molecule is CCOC1CC(CO)CC(c2ccc(Br)cc2)C1. The molecule has 0 heterocycles. The van der Waals surface area contributed by atoms with Gasteiger partial charge in [0.05, 0.1) is 6.10 Å². The lowest BCUT2D eigenvalue weighted by molar-refractivity contribution is 0.00307. The van der Waals surface area contributed by atoms with E-state index < -0.39 is 0 Å². The van der Waals surface area contributed by atoms with Gasteiger partial charge in [0.25, 0.3) is 0 Å². The second-order valence-electron chi connectivity index (χ2n) is 5.08. The minimum atomic E-state index is 0.274. The van der Waals surface area contributed by atoms with Crippen LogP contribution < -0.4 is 0 Å². The fourth-order valence-corrected chi connectivity index (χ4v) is 3.17. The predicted molar refractivity (Wildman–Crippen MR) is 76.7 cm³/mol.